The summed E-state index contributed by atoms with van der Waals surface area (Å²) in [6.45, 7) is 3.69. The second-order valence-corrected chi connectivity index (χ2v) is 6.05. The first-order chi connectivity index (χ1) is 10.6. The van der Waals surface area contributed by atoms with Gasteiger partial charge in [-0.05, 0) is 24.3 Å². The average Bonchev–Trinajstić information content (AvgIpc) is 3.12. The lowest BCUT2D eigenvalue weighted by atomic mass is 10.2. The number of thiazole rings is 1. The quantitative estimate of drug-likeness (QED) is 0.785. The summed E-state index contributed by atoms with van der Waals surface area (Å²) in [5, 5.41) is 6.19. The summed E-state index contributed by atoms with van der Waals surface area (Å²) in [6, 6.07) is 7.55. The van der Waals surface area contributed by atoms with E-state index in [-0.39, 0.29) is 11.8 Å². The first-order valence-corrected chi connectivity index (χ1v) is 7.79. The topological polar surface area (TPSA) is 64.4 Å². The largest absolute Gasteiger partial charge is 0.497 e. The van der Waals surface area contributed by atoms with Crippen molar-refractivity contribution in [2.45, 2.75) is 13.8 Å². The van der Waals surface area contributed by atoms with Crippen molar-refractivity contribution in [1.82, 2.24) is 4.98 Å². The van der Waals surface area contributed by atoms with Crippen LogP contribution in [0.2, 0.25) is 0 Å². The minimum atomic E-state index is -0.0778. The number of rotatable bonds is 4. The van der Waals surface area contributed by atoms with Crippen LogP contribution < -0.4 is 10.1 Å². The number of carbonyl (C=O) groups excluding carboxylic acids is 1. The predicted octanol–water partition coefficient (Wildman–Crippen LogP) is 4.16. The first-order valence-electron chi connectivity index (χ1n) is 6.91. The molecule has 0 saturated carbocycles. The van der Waals surface area contributed by atoms with E-state index in [0.717, 1.165) is 16.7 Å². The fourth-order valence-electron chi connectivity index (χ4n) is 1.97. The van der Waals surface area contributed by atoms with Gasteiger partial charge in [-0.15, -0.1) is 11.3 Å². The molecule has 0 atom stereocenters. The molecule has 5 nitrogen and oxygen atoms in total. The third-order valence-electron chi connectivity index (χ3n) is 3.23. The van der Waals surface area contributed by atoms with E-state index in [1.807, 2.05) is 43.5 Å². The molecule has 0 radical (unpaired) electrons. The number of carbonyl (C=O) groups is 1. The van der Waals surface area contributed by atoms with Crippen molar-refractivity contribution in [3.8, 4) is 17.2 Å². The van der Waals surface area contributed by atoms with Gasteiger partial charge in [0.2, 0.25) is 5.91 Å². The zero-order valence-corrected chi connectivity index (χ0v) is 13.4. The highest BCUT2D eigenvalue weighted by atomic mass is 32.1. The van der Waals surface area contributed by atoms with E-state index in [4.69, 9.17) is 9.15 Å². The Morgan fingerprint density at radius 1 is 1.36 bits per heavy atom. The van der Waals surface area contributed by atoms with Crippen molar-refractivity contribution in [3.05, 3.63) is 29.6 Å². The van der Waals surface area contributed by atoms with E-state index in [1.54, 1.807) is 7.11 Å². The monoisotopic (exact) mass is 316 g/mol. The molecule has 3 rings (SSSR count). The molecular weight excluding hydrogens is 300 g/mol. The molecule has 0 saturated heterocycles. The smallest absolute Gasteiger partial charge is 0.228 e. The summed E-state index contributed by atoms with van der Waals surface area (Å²) in [6.07, 6.45) is 0. The molecule has 22 heavy (non-hydrogen) atoms. The summed E-state index contributed by atoms with van der Waals surface area (Å²) in [4.78, 5) is 16.1. The fourth-order valence-corrected chi connectivity index (χ4v) is 2.67. The Bertz CT molecular complexity index is 820. The second-order valence-electron chi connectivity index (χ2n) is 5.20. The summed E-state index contributed by atoms with van der Waals surface area (Å²) >= 11 is 1.38. The van der Waals surface area contributed by atoms with Gasteiger partial charge in [0.25, 0.3) is 0 Å². The molecule has 0 aliphatic heterocycles. The van der Waals surface area contributed by atoms with Crippen LogP contribution in [0.25, 0.3) is 22.4 Å². The maximum atomic E-state index is 11.7. The summed E-state index contributed by atoms with van der Waals surface area (Å²) in [7, 11) is 1.63. The molecule has 1 amide bonds. The lowest BCUT2D eigenvalue weighted by Gasteiger charge is -2.02. The number of amides is 1. The number of nitrogens with zero attached hydrogens (tertiary/aromatic N) is 1. The van der Waals surface area contributed by atoms with Gasteiger partial charge in [-0.2, -0.15) is 0 Å². The standard InChI is InChI=1S/C16H16N2O3S/c1-9(2)15(19)18-16-17-12(8-22-16)14-7-10-6-11(20-3)4-5-13(10)21-14/h4-9H,1-3H3,(H,17,18,19). The summed E-state index contributed by atoms with van der Waals surface area (Å²) < 4.78 is 11.0. The predicted molar refractivity (Wildman–Crippen MR) is 87.3 cm³/mol. The number of methoxy groups -OCH3 is 1. The number of hydrogen-bond donors (Lipinski definition) is 1. The van der Waals surface area contributed by atoms with Crippen LogP contribution in [0, 0.1) is 5.92 Å². The van der Waals surface area contributed by atoms with Crippen molar-refractivity contribution >= 4 is 33.3 Å². The zero-order valence-electron chi connectivity index (χ0n) is 12.5. The van der Waals surface area contributed by atoms with Crippen molar-refractivity contribution < 1.29 is 13.9 Å². The molecule has 0 aliphatic rings. The highest BCUT2D eigenvalue weighted by molar-refractivity contribution is 7.14. The van der Waals surface area contributed by atoms with Gasteiger partial charge < -0.3 is 14.5 Å². The van der Waals surface area contributed by atoms with Crippen LogP contribution in [-0.4, -0.2) is 18.0 Å². The van der Waals surface area contributed by atoms with E-state index in [9.17, 15) is 4.79 Å². The lowest BCUT2D eigenvalue weighted by molar-refractivity contribution is -0.118. The second kappa shape index (κ2) is 5.81. The third kappa shape index (κ3) is 2.82. The van der Waals surface area contributed by atoms with Crippen LogP contribution >= 0.6 is 11.3 Å². The van der Waals surface area contributed by atoms with Gasteiger partial charge in [0.15, 0.2) is 10.9 Å². The number of aromatic nitrogens is 1. The number of ether oxygens (including phenoxy) is 1. The molecule has 1 aromatic carbocycles. The van der Waals surface area contributed by atoms with Crippen molar-refractivity contribution in [2.24, 2.45) is 5.92 Å². The summed E-state index contributed by atoms with van der Waals surface area (Å²) in [5.74, 6) is 1.33. The Labute approximate surface area is 131 Å². The number of hydrogen-bond acceptors (Lipinski definition) is 5. The van der Waals surface area contributed by atoms with E-state index in [1.165, 1.54) is 11.3 Å². The number of nitrogens with one attached hydrogen (secondary N) is 1. The van der Waals surface area contributed by atoms with Gasteiger partial charge in [0, 0.05) is 16.7 Å². The molecule has 0 fully saturated rings. The van der Waals surface area contributed by atoms with Crippen LogP contribution in [0.1, 0.15) is 13.8 Å². The van der Waals surface area contributed by atoms with Crippen LogP contribution in [0.3, 0.4) is 0 Å². The Balaban J connectivity index is 1.88. The zero-order chi connectivity index (χ0) is 15.7. The van der Waals surface area contributed by atoms with Gasteiger partial charge in [0.05, 0.1) is 7.11 Å². The Kier molecular flexibility index (Phi) is 3.85. The van der Waals surface area contributed by atoms with E-state index < -0.39 is 0 Å². The van der Waals surface area contributed by atoms with E-state index in [2.05, 4.69) is 10.3 Å². The highest BCUT2D eigenvalue weighted by Gasteiger charge is 2.13. The van der Waals surface area contributed by atoms with Crippen molar-refractivity contribution in [1.29, 1.82) is 0 Å². The average molecular weight is 316 g/mol. The molecule has 6 heteroatoms. The van der Waals surface area contributed by atoms with Gasteiger partial charge in [-0.1, -0.05) is 13.8 Å². The first kappa shape index (κ1) is 14.6. The van der Waals surface area contributed by atoms with Crippen LogP contribution in [-0.2, 0) is 4.79 Å². The molecule has 2 heterocycles. The molecule has 0 bridgehead atoms. The van der Waals surface area contributed by atoms with Crippen LogP contribution in [0.15, 0.2) is 34.1 Å². The van der Waals surface area contributed by atoms with Crippen molar-refractivity contribution in [3.63, 3.8) is 0 Å². The number of benzene rings is 1. The highest BCUT2D eigenvalue weighted by Crippen LogP contribution is 2.31. The Hall–Kier alpha value is -2.34. The van der Waals surface area contributed by atoms with E-state index in [0.29, 0.717) is 16.6 Å². The molecule has 1 N–H and O–H groups in total. The van der Waals surface area contributed by atoms with Crippen LogP contribution in [0.5, 0.6) is 5.75 Å². The molecular formula is C16H16N2O3S. The summed E-state index contributed by atoms with van der Waals surface area (Å²) in [5.41, 5.74) is 1.48. The molecule has 3 aromatic rings. The van der Waals surface area contributed by atoms with Gasteiger partial charge in [-0.25, -0.2) is 4.98 Å². The molecule has 2 aromatic heterocycles. The molecule has 0 spiro atoms. The maximum absolute atomic E-state index is 11.7. The Morgan fingerprint density at radius 2 is 2.18 bits per heavy atom. The SMILES string of the molecule is COc1ccc2oc(-c3csc(NC(=O)C(C)C)n3)cc2c1. The fraction of sp³-hybridized carbons (Fsp3) is 0.250. The van der Waals surface area contributed by atoms with Gasteiger partial charge in [0.1, 0.15) is 17.0 Å². The Morgan fingerprint density at radius 3 is 2.91 bits per heavy atom. The number of fused-ring (bicyclic) bond motifs is 1. The van der Waals surface area contributed by atoms with Gasteiger partial charge in [-0.3, -0.25) is 4.79 Å². The van der Waals surface area contributed by atoms with Crippen LogP contribution in [0.4, 0.5) is 5.13 Å². The maximum Gasteiger partial charge on any atom is 0.228 e. The minimum Gasteiger partial charge on any atom is -0.497 e. The lowest BCUT2D eigenvalue weighted by Crippen LogP contribution is -2.17. The van der Waals surface area contributed by atoms with Gasteiger partial charge >= 0.3 is 0 Å². The normalized spacial score (nSPS) is 11.1. The molecule has 0 unspecified atom stereocenters. The van der Waals surface area contributed by atoms with E-state index >= 15 is 0 Å². The molecule has 114 valence electrons. The number of anilines is 1. The minimum absolute atomic E-state index is 0.0461. The molecule has 0 aliphatic carbocycles. The van der Waals surface area contributed by atoms with Crippen molar-refractivity contribution in [2.75, 3.05) is 12.4 Å². The third-order valence-corrected chi connectivity index (χ3v) is 3.99. The number of furan rings is 1.